The number of hydrogen-bond acceptors (Lipinski definition) is 5. The maximum absolute atomic E-state index is 11.2. The highest BCUT2D eigenvalue weighted by molar-refractivity contribution is 6.44. The van der Waals surface area contributed by atoms with E-state index < -0.39 is 23.9 Å². The highest BCUT2D eigenvalue weighted by Crippen LogP contribution is 2.04. The third-order valence-electron chi connectivity index (χ3n) is 1.98. The van der Waals surface area contributed by atoms with Crippen LogP contribution in [0.5, 0.6) is 0 Å². The molecule has 0 aromatic carbocycles. The quantitative estimate of drug-likeness (QED) is 0.457. The van der Waals surface area contributed by atoms with Crippen LogP contribution in [0.2, 0.25) is 0 Å². The summed E-state index contributed by atoms with van der Waals surface area (Å²) in [6, 6.07) is -0.719. The fourth-order valence-electron chi connectivity index (χ4n) is 1.18. The monoisotopic (exact) mass is 216 g/mol. The molecule has 1 aliphatic rings. The van der Waals surface area contributed by atoms with Crippen molar-refractivity contribution >= 4 is 17.8 Å². The van der Waals surface area contributed by atoms with Crippen LogP contribution >= 0.6 is 0 Å². The van der Waals surface area contributed by atoms with Crippen LogP contribution in [-0.4, -0.2) is 56.2 Å². The number of nitrogens with zero attached hydrogens (tertiary/aromatic N) is 1. The van der Waals surface area contributed by atoms with E-state index in [0.29, 0.717) is 0 Å². The summed E-state index contributed by atoms with van der Waals surface area (Å²) in [6.07, 6.45) is -0.435. The Morgan fingerprint density at radius 3 is 2.40 bits per heavy atom. The highest BCUT2D eigenvalue weighted by atomic mass is 16.5. The van der Waals surface area contributed by atoms with Crippen molar-refractivity contribution in [2.75, 3.05) is 27.4 Å². The minimum atomic E-state index is -0.910. The number of methoxy groups -OCH3 is 2. The zero-order valence-corrected chi connectivity index (χ0v) is 8.48. The van der Waals surface area contributed by atoms with Crippen LogP contribution in [0.15, 0.2) is 0 Å². The maximum Gasteiger partial charge on any atom is 0.331 e. The Hall–Kier alpha value is -1.47. The summed E-state index contributed by atoms with van der Waals surface area (Å²) in [5.41, 5.74) is 0. The first-order valence-corrected chi connectivity index (χ1v) is 4.28. The van der Waals surface area contributed by atoms with Crippen LogP contribution in [0.3, 0.4) is 0 Å². The van der Waals surface area contributed by atoms with Crippen molar-refractivity contribution in [1.29, 1.82) is 0 Å². The van der Waals surface area contributed by atoms with Gasteiger partial charge in [0, 0.05) is 14.2 Å². The molecule has 1 N–H and O–H groups in total. The van der Waals surface area contributed by atoms with Crippen LogP contribution in [0.25, 0.3) is 0 Å². The summed E-state index contributed by atoms with van der Waals surface area (Å²) < 4.78 is 9.80. The number of nitrogens with one attached hydrogen (secondary N) is 1. The van der Waals surface area contributed by atoms with Gasteiger partial charge < -0.3 is 9.47 Å². The van der Waals surface area contributed by atoms with E-state index >= 15 is 0 Å². The summed E-state index contributed by atoms with van der Waals surface area (Å²) in [4.78, 5) is 33.9. The van der Waals surface area contributed by atoms with Gasteiger partial charge in [-0.2, -0.15) is 0 Å². The molecule has 1 unspecified atom stereocenters. The molecule has 0 aromatic heterocycles. The number of urea groups is 1. The fourth-order valence-corrected chi connectivity index (χ4v) is 1.18. The number of rotatable bonds is 5. The molecule has 1 heterocycles. The molecule has 1 rings (SSSR count). The van der Waals surface area contributed by atoms with Gasteiger partial charge in [0.2, 0.25) is 0 Å². The molecule has 0 aliphatic carbocycles. The smallest absolute Gasteiger partial charge is 0.331 e. The molecular weight excluding hydrogens is 204 g/mol. The predicted octanol–water partition coefficient (Wildman–Crippen LogP) is -1.27. The standard InChI is InChI=1S/C8H12N2O5/c1-14-4-5(15-2)3-10-7(12)6(11)9-8(10)13/h5H,3-4H2,1-2H3,(H,9,11,13). The first-order chi connectivity index (χ1) is 7.10. The lowest BCUT2D eigenvalue weighted by Gasteiger charge is -2.18. The van der Waals surface area contributed by atoms with Gasteiger partial charge in [0.15, 0.2) is 0 Å². The van der Waals surface area contributed by atoms with Crippen molar-refractivity contribution in [2.45, 2.75) is 6.10 Å². The number of ether oxygens (including phenoxy) is 2. The average molecular weight is 216 g/mol. The summed E-state index contributed by atoms with van der Waals surface area (Å²) in [7, 11) is 2.91. The van der Waals surface area contributed by atoms with Gasteiger partial charge in [-0.25, -0.2) is 4.79 Å². The van der Waals surface area contributed by atoms with Crippen molar-refractivity contribution in [3.63, 3.8) is 0 Å². The van der Waals surface area contributed by atoms with Crippen molar-refractivity contribution in [2.24, 2.45) is 0 Å². The van der Waals surface area contributed by atoms with E-state index in [1.165, 1.54) is 14.2 Å². The predicted molar refractivity (Wildman–Crippen MR) is 47.9 cm³/mol. The van der Waals surface area contributed by atoms with Gasteiger partial charge >= 0.3 is 17.8 Å². The van der Waals surface area contributed by atoms with E-state index in [1.54, 1.807) is 0 Å². The van der Waals surface area contributed by atoms with Crippen LogP contribution in [0.1, 0.15) is 0 Å². The fraction of sp³-hybridized carbons (Fsp3) is 0.625. The van der Waals surface area contributed by atoms with E-state index in [2.05, 4.69) is 0 Å². The molecule has 1 aliphatic heterocycles. The third-order valence-corrected chi connectivity index (χ3v) is 1.98. The molecule has 0 radical (unpaired) electrons. The molecular formula is C8H12N2O5. The lowest BCUT2D eigenvalue weighted by atomic mass is 10.3. The normalized spacial score (nSPS) is 18.3. The zero-order chi connectivity index (χ0) is 11.4. The van der Waals surface area contributed by atoms with Crippen LogP contribution in [0, 0.1) is 0 Å². The van der Waals surface area contributed by atoms with Crippen molar-refractivity contribution in [3.05, 3.63) is 0 Å². The van der Waals surface area contributed by atoms with E-state index in [-0.39, 0.29) is 13.2 Å². The zero-order valence-electron chi connectivity index (χ0n) is 8.48. The molecule has 1 saturated heterocycles. The average Bonchev–Trinajstić information content (AvgIpc) is 2.44. The van der Waals surface area contributed by atoms with Gasteiger partial charge in [-0.15, -0.1) is 0 Å². The topological polar surface area (TPSA) is 84.9 Å². The molecule has 7 nitrogen and oxygen atoms in total. The molecule has 1 atom stereocenters. The lowest BCUT2D eigenvalue weighted by Crippen LogP contribution is -2.40. The van der Waals surface area contributed by atoms with Crippen LogP contribution in [0.4, 0.5) is 4.79 Å². The molecule has 15 heavy (non-hydrogen) atoms. The second-order valence-electron chi connectivity index (χ2n) is 2.99. The molecule has 1 fully saturated rings. The lowest BCUT2D eigenvalue weighted by molar-refractivity contribution is -0.141. The maximum atomic E-state index is 11.2. The second kappa shape index (κ2) is 4.85. The van der Waals surface area contributed by atoms with Crippen LogP contribution in [-0.2, 0) is 19.1 Å². The summed E-state index contributed by atoms with van der Waals surface area (Å²) in [6.45, 7) is 0.239. The number of carbonyl (C=O) groups is 3. The Bertz CT molecular complexity index is 291. The van der Waals surface area contributed by atoms with Gasteiger partial charge in [-0.3, -0.25) is 19.8 Å². The Morgan fingerprint density at radius 1 is 1.33 bits per heavy atom. The Labute approximate surface area is 86.3 Å². The third kappa shape index (κ3) is 2.51. The molecule has 0 bridgehead atoms. The summed E-state index contributed by atoms with van der Waals surface area (Å²) in [5, 5.41) is 1.89. The van der Waals surface area contributed by atoms with Crippen molar-refractivity contribution in [3.8, 4) is 0 Å². The van der Waals surface area contributed by atoms with E-state index in [4.69, 9.17) is 9.47 Å². The minimum Gasteiger partial charge on any atom is -0.382 e. The van der Waals surface area contributed by atoms with E-state index in [9.17, 15) is 14.4 Å². The molecule has 0 saturated carbocycles. The second-order valence-corrected chi connectivity index (χ2v) is 2.99. The van der Waals surface area contributed by atoms with Gasteiger partial charge in [-0.05, 0) is 0 Å². The SMILES string of the molecule is COCC(CN1C(=O)NC(=O)C1=O)OC. The van der Waals surface area contributed by atoms with E-state index in [0.717, 1.165) is 4.90 Å². The minimum absolute atomic E-state index is 0.000741. The van der Waals surface area contributed by atoms with Gasteiger partial charge in [0.25, 0.3) is 0 Å². The molecule has 4 amide bonds. The summed E-state index contributed by atoms with van der Waals surface area (Å²) in [5.74, 6) is -1.77. The van der Waals surface area contributed by atoms with Crippen molar-refractivity contribution in [1.82, 2.24) is 10.2 Å². The molecule has 0 spiro atoms. The Balaban J connectivity index is 2.60. The molecule has 84 valence electrons. The van der Waals surface area contributed by atoms with Gasteiger partial charge in [0.05, 0.1) is 19.3 Å². The Morgan fingerprint density at radius 2 is 2.00 bits per heavy atom. The number of amides is 4. The Kier molecular flexibility index (Phi) is 3.75. The molecule has 7 heteroatoms. The van der Waals surface area contributed by atoms with Gasteiger partial charge in [-0.1, -0.05) is 0 Å². The van der Waals surface area contributed by atoms with Gasteiger partial charge in [0.1, 0.15) is 0 Å². The largest absolute Gasteiger partial charge is 0.382 e. The number of imide groups is 2. The summed E-state index contributed by atoms with van der Waals surface area (Å²) >= 11 is 0. The molecule has 0 aromatic rings. The van der Waals surface area contributed by atoms with Crippen molar-refractivity contribution < 1.29 is 23.9 Å². The number of carbonyl (C=O) groups excluding carboxylic acids is 3. The first kappa shape index (κ1) is 11.6. The van der Waals surface area contributed by atoms with Crippen LogP contribution < -0.4 is 5.32 Å². The first-order valence-electron chi connectivity index (χ1n) is 4.28. The van der Waals surface area contributed by atoms with E-state index in [1.807, 2.05) is 5.32 Å². The number of hydrogen-bond donors (Lipinski definition) is 1. The highest BCUT2D eigenvalue weighted by Gasteiger charge is 2.37.